The minimum absolute atomic E-state index is 0.473. The van der Waals surface area contributed by atoms with Crippen molar-refractivity contribution in [2.45, 2.75) is 52.0 Å². The van der Waals surface area contributed by atoms with Crippen molar-refractivity contribution in [2.24, 2.45) is 5.92 Å². The molecule has 0 bridgehead atoms. The van der Waals surface area contributed by atoms with Gasteiger partial charge in [0.05, 0.1) is 6.61 Å². The molecule has 0 aliphatic heterocycles. The number of ether oxygens (including phenoxy) is 1. The highest BCUT2D eigenvalue weighted by Crippen LogP contribution is 2.34. The van der Waals surface area contributed by atoms with Gasteiger partial charge in [-0.2, -0.15) is 0 Å². The van der Waals surface area contributed by atoms with E-state index in [0.717, 1.165) is 19.8 Å². The van der Waals surface area contributed by atoms with Gasteiger partial charge in [-0.15, -0.1) is 0 Å². The molecule has 0 amide bonds. The van der Waals surface area contributed by atoms with Gasteiger partial charge >= 0.3 is 0 Å². The molecule has 0 radical (unpaired) electrons. The van der Waals surface area contributed by atoms with Crippen LogP contribution in [0.2, 0.25) is 0 Å². The lowest BCUT2D eigenvalue weighted by molar-refractivity contribution is 0.0933. The summed E-state index contributed by atoms with van der Waals surface area (Å²) < 4.78 is 5.54. The Balaban J connectivity index is 1.97. The standard InChI is InChI=1S/C12H25NO/c1-4-12(6-5-7-12)13-8-9-14-10-11(2)3/h11,13H,4-10H2,1-3H3. The zero-order chi connectivity index (χ0) is 10.4. The van der Waals surface area contributed by atoms with E-state index in [1.165, 1.54) is 25.7 Å². The van der Waals surface area contributed by atoms with Gasteiger partial charge in [0.1, 0.15) is 0 Å². The molecular weight excluding hydrogens is 174 g/mol. The van der Waals surface area contributed by atoms with Gasteiger partial charge in [-0.3, -0.25) is 0 Å². The molecule has 0 spiro atoms. The molecule has 0 aromatic heterocycles. The summed E-state index contributed by atoms with van der Waals surface area (Å²) >= 11 is 0. The van der Waals surface area contributed by atoms with Gasteiger partial charge < -0.3 is 10.1 Å². The number of rotatable bonds is 7. The van der Waals surface area contributed by atoms with Crippen molar-refractivity contribution in [1.29, 1.82) is 0 Å². The number of nitrogens with one attached hydrogen (secondary N) is 1. The summed E-state index contributed by atoms with van der Waals surface area (Å²) in [5.41, 5.74) is 0.473. The molecule has 84 valence electrons. The molecule has 1 aliphatic rings. The quantitative estimate of drug-likeness (QED) is 0.636. The maximum atomic E-state index is 5.54. The van der Waals surface area contributed by atoms with Crippen LogP contribution < -0.4 is 5.32 Å². The molecule has 0 aromatic rings. The third kappa shape index (κ3) is 3.58. The first-order chi connectivity index (χ1) is 6.68. The van der Waals surface area contributed by atoms with Crippen molar-refractivity contribution >= 4 is 0 Å². The van der Waals surface area contributed by atoms with Crippen LogP contribution in [-0.2, 0) is 4.74 Å². The molecule has 0 aromatic carbocycles. The van der Waals surface area contributed by atoms with E-state index in [-0.39, 0.29) is 0 Å². The Bertz CT molecular complexity index is 147. The van der Waals surface area contributed by atoms with Crippen LogP contribution in [0.3, 0.4) is 0 Å². The Morgan fingerprint density at radius 3 is 2.50 bits per heavy atom. The SMILES string of the molecule is CCC1(NCCOCC(C)C)CCC1. The first kappa shape index (κ1) is 12.0. The molecule has 1 rings (SSSR count). The van der Waals surface area contributed by atoms with Crippen LogP contribution in [0.15, 0.2) is 0 Å². The van der Waals surface area contributed by atoms with E-state index >= 15 is 0 Å². The van der Waals surface area contributed by atoms with Crippen molar-refractivity contribution in [1.82, 2.24) is 5.32 Å². The fourth-order valence-electron chi connectivity index (χ4n) is 1.97. The van der Waals surface area contributed by atoms with Crippen molar-refractivity contribution < 1.29 is 4.74 Å². The van der Waals surface area contributed by atoms with E-state index in [1.807, 2.05) is 0 Å². The van der Waals surface area contributed by atoms with Crippen LogP contribution >= 0.6 is 0 Å². The maximum absolute atomic E-state index is 5.54. The van der Waals surface area contributed by atoms with Crippen LogP contribution in [0.25, 0.3) is 0 Å². The van der Waals surface area contributed by atoms with Gasteiger partial charge in [-0.25, -0.2) is 0 Å². The second-order valence-corrected chi connectivity index (χ2v) is 4.88. The van der Waals surface area contributed by atoms with Gasteiger partial charge in [-0.1, -0.05) is 20.8 Å². The summed E-state index contributed by atoms with van der Waals surface area (Å²) in [7, 11) is 0. The lowest BCUT2D eigenvalue weighted by atomic mass is 9.75. The summed E-state index contributed by atoms with van der Waals surface area (Å²) in [5, 5.41) is 3.63. The predicted octanol–water partition coefficient (Wildman–Crippen LogP) is 2.58. The van der Waals surface area contributed by atoms with Gasteiger partial charge in [0, 0.05) is 18.7 Å². The maximum Gasteiger partial charge on any atom is 0.0591 e. The van der Waals surface area contributed by atoms with Crippen molar-refractivity contribution in [3.8, 4) is 0 Å². The summed E-state index contributed by atoms with van der Waals surface area (Å²) in [5.74, 6) is 0.652. The van der Waals surface area contributed by atoms with E-state index in [4.69, 9.17) is 4.74 Å². The van der Waals surface area contributed by atoms with E-state index in [1.54, 1.807) is 0 Å². The molecule has 0 saturated heterocycles. The Hall–Kier alpha value is -0.0800. The minimum Gasteiger partial charge on any atom is -0.380 e. The summed E-state index contributed by atoms with van der Waals surface area (Å²) in [6.07, 6.45) is 5.37. The highest BCUT2D eigenvalue weighted by molar-refractivity contribution is 4.94. The molecule has 14 heavy (non-hydrogen) atoms. The molecule has 0 heterocycles. The second kappa shape index (κ2) is 5.72. The minimum atomic E-state index is 0.473. The third-order valence-corrected chi connectivity index (χ3v) is 3.19. The molecule has 2 nitrogen and oxygen atoms in total. The Morgan fingerprint density at radius 2 is 2.07 bits per heavy atom. The Morgan fingerprint density at radius 1 is 1.36 bits per heavy atom. The lowest BCUT2D eigenvalue weighted by Gasteiger charge is -2.42. The average molecular weight is 199 g/mol. The Kier molecular flexibility index (Phi) is 4.90. The number of hydrogen-bond acceptors (Lipinski definition) is 2. The largest absolute Gasteiger partial charge is 0.380 e. The molecule has 0 unspecified atom stereocenters. The summed E-state index contributed by atoms with van der Waals surface area (Å²) in [6, 6.07) is 0. The van der Waals surface area contributed by atoms with Crippen molar-refractivity contribution in [2.75, 3.05) is 19.8 Å². The van der Waals surface area contributed by atoms with E-state index in [2.05, 4.69) is 26.1 Å². The van der Waals surface area contributed by atoms with Crippen LogP contribution in [0, 0.1) is 5.92 Å². The zero-order valence-electron chi connectivity index (χ0n) is 9.94. The lowest BCUT2D eigenvalue weighted by Crippen LogP contribution is -2.51. The summed E-state index contributed by atoms with van der Waals surface area (Å²) in [6.45, 7) is 9.42. The van der Waals surface area contributed by atoms with Crippen LogP contribution in [0.4, 0.5) is 0 Å². The molecule has 1 N–H and O–H groups in total. The molecule has 2 heteroatoms. The average Bonchev–Trinajstić information content (AvgIpc) is 2.08. The topological polar surface area (TPSA) is 21.3 Å². The second-order valence-electron chi connectivity index (χ2n) is 4.88. The summed E-state index contributed by atoms with van der Waals surface area (Å²) in [4.78, 5) is 0. The van der Waals surface area contributed by atoms with Crippen molar-refractivity contribution in [3.05, 3.63) is 0 Å². The van der Waals surface area contributed by atoms with E-state index in [0.29, 0.717) is 11.5 Å². The fraction of sp³-hybridized carbons (Fsp3) is 1.00. The Labute approximate surface area is 88.4 Å². The zero-order valence-corrected chi connectivity index (χ0v) is 9.94. The molecule has 1 fully saturated rings. The van der Waals surface area contributed by atoms with Gasteiger partial charge in [-0.05, 0) is 31.6 Å². The van der Waals surface area contributed by atoms with Gasteiger partial charge in [0.25, 0.3) is 0 Å². The highest BCUT2D eigenvalue weighted by Gasteiger charge is 2.33. The van der Waals surface area contributed by atoms with E-state index < -0.39 is 0 Å². The normalized spacial score (nSPS) is 19.7. The van der Waals surface area contributed by atoms with Crippen LogP contribution in [0.5, 0.6) is 0 Å². The monoisotopic (exact) mass is 199 g/mol. The first-order valence-corrected chi connectivity index (χ1v) is 6.01. The van der Waals surface area contributed by atoms with Crippen LogP contribution in [-0.4, -0.2) is 25.3 Å². The molecule has 1 aliphatic carbocycles. The fourth-order valence-corrected chi connectivity index (χ4v) is 1.97. The van der Waals surface area contributed by atoms with Gasteiger partial charge in [0.15, 0.2) is 0 Å². The van der Waals surface area contributed by atoms with Crippen molar-refractivity contribution in [3.63, 3.8) is 0 Å². The van der Waals surface area contributed by atoms with Crippen LogP contribution in [0.1, 0.15) is 46.5 Å². The highest BCUT2D eigenvalue weighted by atomic mass is 16.5. The first-order valence-electron chi connectivity index (χ1n) is 6.01. The molecule has 1 saturated carbocycles. The third-order valence-electron chi connectivity index (χ3n) is 3.19. The van der Waals surface area contributed by atoms with E-state index in [9.17, 15) is 0 Å². The molecule has 0 atom stereocenters. The predicted molar refractivity (Wildman–Crippen MR) is 60.5 cm³/mol. The smallest absolute Gasteiger partial charge is 0.0591 e. The van der Waals surface area contributed by atoms with Gasteiger partial charge in [0.2, 0.25) is 0 Å². The number of hydrogen-bond donors (Lipinski definition) is 1. The molecular formula is C12H25NO.